The number of hydrogen-bond acceptors (Lipinski definition) is 2. The number of rotatable bonds is 5. The van der Waals surface area contributed by atoms with Gasteiger partial charge in [-0.25, -0.2) is 0 Å². The van der Waals surface area contributed by atoms with Gasteiger partial charge in [0.15, 0.2) is 0 Å². The minimum Gasteiger partial charge on any atom is -0.370 e. The monoisotopic (exact) mass is 248 g/mol. The van der Waals surface area contributed by atoms with Crippen molar-refractivity contribution in [3.05, 3.63) is 35.4 Å². The van der Waals surface area contributed by atoms with E-state index in [2.05, 4.69) is 57.3 Å². The third kappa shape index (κ3) is 4.49. The number of nitrogens with two attached hydrogens (primary N) is 1. The van der Waals surface area contributed by atoms with Crippen molar-refractivity contribution in [2.75, 3.05) is 6.54 Å². The van der Waals surface area contributed by atoms with Gasteiger partial charge < -0.3 is 11.1 Å². The molecule has 0 radical (unpaired) electrons. The van der Waals surface area contributed by atoms with Crippen LogP contribution in [0, 0.1) is 0 Å². The maximum atomic E-state index is 10.7. The van der Waals surface area contributed by atoms with Gasteiger partial charge in [0, 0.05) is 19.0 Å². The molecule has 3 N–H and O–H groups in total. The lowest BCUT2D eigenvalue weighted by Crippen LogP contribution is -2.24. The van der Waals surface area contributed by atoms with Gasteiger partial charge in [0.05, 0.1) is 0 Å². The summed E-state index contributed by atoms with van der Waals surface area (Å²) < 4.78 is 0. The van der Waals surface area contributed by atoms with Crippen molar-refractivity contribution in [1.82, 2.24) is 5.32 Å². The molecular formula is C15H24N2O. The van der Waals surface area contributed by atoms with Crippen LogP contribution in [0.15, 0.2) is 24.3 Å². The molecule has 0 spiro atoms. The zero-order chi connectivity index (χ0) is 13.8. The molecule has 3 heteroatoms. The van der Waals surface area contributed by atoms with Gasteiger partial charge in [0.2, 0.25) is 5.91 Å². The van der Waals surface area contributed by atoms with Gasteiger partial charge >= 0.3 is 0 Å². The molecule has 1 aromatic rings. The van der Waals surface area contributed by atoms with Gasteiger partial charge in [-0.15, -0.1) is 0 Å². The van der Waals surface area contributed by atoms with Crippen molar-refractivity contribution in [2.24, 2.45) is 5.73 Å². The second-order valence-electron chi connectivity index (χ2n) is 5.76. The van der Waals surface area contributed by atoms with Crippen LogP contribution in [0.1, 0.15) is 51.3 Å². The number of benzene rings is 1. The van der Waals surface area contributed by atoms with E-state index in [0.717, 1.165) is 0 Å². The molecule has 100 valence electrons. The molecule has 0 aromatic heterocycles. The topological polar surface area (TPSA) is 55.1 Å². The molecule has 0 heterocycles. The highest BCUT2D eigenvalue weighted by atomic mass is 16.1. The highest BCUT2D eigenvalue weighted by molar-refractivity contribution is 5.73. The van der Waals surface area contributed by atoms with Crippen molar-refractivity contribution in [1.29, 1.82) is 0 Å². The lowest BCUT2D eigenvalue weighted by Gasteiger charge is -2.20. The molecule has 0 saturated heterocycles. The highest BCUT2D eigenvalue weighted by Crippen LogP contribution is 2.23. The number of nitrogens with one attached hydrogen (secondary N) is 1. The molecule has 1 amide bonds. The van der Waals surface area contributed by atoms with E-state index in [1.807, 2.05) is 0 Å². The van der Waals surface area contributed by atoms with E-state index >= 15 is 0 Å². The summed E-state index contributed by atoms with van der Waals surface area (Å²) in [6.07, 6.45) is 0.379. The van der Waals surface area contributed by atoms with Gasteiger partial charge in [-0.2, -0.15) is 0 Å². The van der Waals surface area contributed by atoms with Gasteiger partial charge in [-0.05, 0) is 23.5 Å². The second-order valence-corrected chi connectivity index (χ2v) is 5.76. The minimum absolute atomic E-state index is 0.182. The van der Waals surface area contributed by atoms with Gasteiger partial charge in [-0.1, -0.05) is 45.0 Å². The third-order valence-corrected chi connectivity index (χ3v) is 3.10. The van der Waals surface area contributed by atoms with Crippen LogP contribution in [0.2, 0.25) is 0 Å². The highest BCUT2D eigenvalue weighted by Gasteiger charge is 2.13. The Hall–Kier alpha value is -1.35. The van der Waals surface area contributed by atoms with Crippen molar-refractivity contribution in [3.8, 4) is 0 Å². The van der Waals surface area contributed by atoms with E-state index in [9.17, 15) is 4.79 Å². The average molecular weight is 248 g/mol. The van der Waals surface area contributed by atoms with Crippen LogP contribution in [0.4, 0.5) is 0 Å². The first-order chi connectivity index (χ1) is 8.30. The molecule has 18 heavy (non-hydrogen) atoms. The molecular weight excluding hydrogens is 224 g/mol. The lowest BCUT2D eigenvalue weighted by molar-refractivity contribution is -0.117. The van der Waals surface area contributed by atoms with Crippen LogP contribution in [0.5, 0.6) is 0 Å². The SMILES string of the molecule is CC(NCCC(N)=O)c1ccc(C(C)(C)C)cc1. The number of hydrogen-bond donors (Lipinski definition) is 2. The summed E-state index contributed by atoms with van der Waals surface area (Å²) in [6, 6.07) is 8.85. The van der Waals surface area contributed by atoms with Crippen molar-refractivity contribution < 1.29 is 4.79 Å². The van der Waals surface area contributed by atoms with Crippen LogP contribution in [0.25, 0.3) is 0 Å². The molecule has 0 aliphatic carbocycles. The maximum absolute atomic E-state index is 10.7. The molecule has 1 atom stereocenters. The minimum atomic E-state index is -0.266. The van der Waals surface area contributed by atoms with E-state index in [0.29, 0.717) is 13.0 Å². The van der Waals surface area contributed by atoms with E-state index < -0.39 is 0 Å². The van der Waals surface area contributed by atoms with Crippen LogP contribution >= 0.6 is 0 Å². The Balaban J connectivity index is 2.59. The van der Waals surface area contributed by atoms with Gasteiger partial charge in [-0.3, -0.25) is 4.79 Å². The van der Waals surface area contributed by atoms with E-state index in [1.165, 1.54) is 11.1 Å². The smallest absolute Gasteiger partial charge is 0.218 e. The summed E-state index contributed by atoms with van der Waals surface area (Å²) >= 11 is 0. The van der Waals surface area contributed by atoms with Crippen LogP contribution < -0.4 is 11.1 Å². The second kappa shape index (κ2) is 6.01. The summed E-state index contributed by atoms with van der Waals surface area (Å²) in [6.45, 7) is 9.33. The Morgan fingerprint density at radius 3 is 2.28 bits per heavy atom. The summed E-state index contributed by atoms with van der Waals surface area (Å²) in [5, 5.41) is 3.29. The lowest BCUT2D eigenvalue weighted by atomic mass is 9.86. The first-order valence-corrected chi connectivity index (χ1v) is 6.43. The van der Waals surface area contributed by atoms with Crippen molar-refractivity contribution in [3.63, 3.8) is 0 Å². The molecule has 0 bridgehead atoms. The number of carbonyl (C=O) groups is 1. The fraction of sp³-hybridized carbons (Fsp3) is 0.533. The largest absolute Gasteiger partial charge is 0.370 e. The summed E-state index contributed by atoms with van der Waals surface area (Å²) in [7, 11) is 0. The zero-order valence-corrected chi connectivity index (χ0v) is 11.8. The molecule has 0 aliphatic rings. The van der Waals surface area contributed by atoms with Crippen molar-refractivity contribution in [2.45, 2.75) is 45.6 Å². The molecule has 0 fully saturated rings. The first-order valence-electron chi connectivity index (χ1n) is 6.43. The Bertz CT molecular complexity index is 390. The van der Waals surface area contributed by atoms with Crippen LogP contribution in [-0.2, 0) is 10.2 Å². The molecule has 0 saturated carbocycles. The number of amides is 1. The van der Waals surface area contributed by atoms with Gasteiger partial charge in [0.25, 0.3) is 0 Å². The number of primary amides is 1. The molecule has 1 aromatic carbocycles. The predicted molar refractivity (Wildman–Crippen MR) is 75.4 cm³/mol. The van der Waals surface area contributed by atoms with Crippen LogP contribution in [-0.4, -0.2) is 12.5 Å². The van der Waals surface area contributed by atoms with E-state index in [1.54, 1.807) is 0 Å². The van der Waals surface area contributed by atoms with E-state index in [4.69, 9.17) is 5.73 Å². The summed E-state index contributed by atoms with van der Waals surface area (Å²) in [5.41, 5.74) is 7.85. The molecule has 3 nitrogen and oxygen atoms in total. The Kier molecular flexibility index (Phi) is 4.91. The normalized spacial score (nSPS) is 13.3. The van der Waals surface area contributed by atoms with Crippen molar-refractivity contribution >= 4 is 5.91 Å². The predicted octanol–water partition coefficient (Wildman–Crippen LogP) is 2.51. The summed E-state index contributed by atoms with van der Waals surface area (Å²) in [4.78, 5) is 10.7. The molecule has 1 rings (SSSR count). The van der Waals surface area contributed by atoms with Crippen LogP contribution in [0.3, 0.4) is 0 Å². The molecule has 0 aliphatic heterocycles. The zero-order valence-electron chi connectivity index (χ0n) is 11.8. The quantitative estimate of drug-likeness (QED) is 0.841. The maximum Gasteiger partial charge on any atom is 0.218 e. The standard InChI is InChI=1S/C15H24N2O/c1-11(17-10-9-14(16)18)12-5-7-13(8-6-12)15(2,3)4/h5-8,11,17H,9-10H2,1-4H3,(H2,16,18). The fourth-order valence-corrected chi connectivity index (χ4v) is 1.80. The average Bonchev–Trinajstić information content (AvgIpc) is 2.27. The first kappa shape index (κ1) is 14.7. The van der Waals surface area contributed by atoms with Gasteiger partial charge in [0.1, 0.15) is 0 Å². The third-order valence-electron chi connectivity index (χ3n) is 3.10. The number of carbonyl (C=O) groups excluding carboxylic acids is 1. The van der Waals surface area contributed by atoms with E-state index in [-0.39, 0.29) is 17.4 Å². The fourth-order valence-electron chi connectivity index (χ4n) is 1.80. The Morgan fingerprint density at radius 1 is 1.28 bits per heavy atom. The summed E-state index contributed by atoms with van der Waals surface area (Å²) in [5.74, 6) is -0.266. The Labute approximate surface area is 110 Å². The molecule has 1 unspecified atom stereocenters. The Morgan fingerprint density at radius 2 is 1.83 bits per heavy atom.